The van der Waals surface area contributed by atoms with Gasteiger partial charge in [0.05, 0.1) is 12.0 Å². The summed E-state index contributed by atoms with van der Waals surface area (Å²) in [5, 5.41) is 12.3. The number of ether oxygens (including phenoxy) is 1. The van der Waals surface area contributed by atoms with Crippen LogP contribution in [-0.4, -0.2) is 41.9 Å². The van der Waals surface area contributed by atoms with E-state index in [2.05, 4.69) is 22.4 Å². The zero-order chi connectivity index (χ0) is 18.4. The lowest BCUT2D eigenvalue weighted by Gasteiger charge is -2.37. The number of carbonyl (C=O) groups excluding carboxylic acids is 1. The number of nitrogens with zero attached hydrogens (tertiary/aromatic N) is 1. The number of hydrogen-bond acceptors (Lipinski definition) is 4. The summed E-state index contributed by atoms with van der Waals surface area (Å²) in [4.78, 5) is 17.3. The standard InChI is InChI=1S/C21H26N2O3/c1-16(15-24)23-20(25)21(8-11-26-12-9-21)13-17-5-2-3-7-19(17)18-6-4-10-22-14-18/h2-7,10,14,16,24H,8-9,11-13,15H2,1H3,(H,23,25)/t16-/m1/s1. The molecule has 0 unspecified atom stereocenters. The van der Waals surface area contributed by atoms with Crippen molar-refractivity contribution < 1.29 is 14.6 Å². The number of carbonyl (C=O) groups is 1. The van der Waals surface area contributed by atoms with Crippen LogP contribution in [0.15, 0.2) is 48.8 Å². The third-order valence-corrected chi connectivity index (χ3v) is 5.10. The Bertz CT molecular complexity index is 727. The highest BCUT2D eigenvalue weighted by Gasteiger charge is 2.40. The molecule has 2 aromatic rings. The zero-order valence-electron chi connectivity index (χ0n) is 15.1. The summed E-state index contributed by atoms with van der Waals surface area (Å²) in [7, 11) is 0. The van der Waals surface area contributed by atoms with Gasteiger partial charge in [0.1, 0.15) is 0 Å². The summed E-state index contributed by atoms with van der Waals surface area (Å²) in [5.74, 6) is 0.00309. The number of nitrogens with one attached hydrogen (secondary N) is 1. The average molecular weight is 354 g/mol. The van der Waals surface area contributed by atoms with Crippen LogP contribution >= 0.6 is 0 Å². The van der Waals surface area contributed by atoms with Gasteiger partial charge < -0.3 is 15.2 Å². The Hall–Kier alpha value is -2.24. The summed E-state index contributed by atoms with van der Waals surface area (Å²) in [6, 6.07) is 11.9. The van der Waals surface area contributed by atoms with Crippen molar-refractivity contribution in [2.45, 2.75) is 32.2 Å². The predicted octanol–water partition coefficient (Wildman–Crippen LogP) is 2.58. The maximum Gasteiger partial charge on any atom is 0.227 e. The normalized spacial score (nSPS) is 17.5. The summed E-state index contributed by atoms with van der Waals surface area (Å²) < 4.78 is 5.52. The highest BCUT2D eigenvalue weighted by Crippen LogP contribution is 2.37. The highest BCUT2D eigenvalue weighted by molar-refractivity contribution is 5.84. The van der Waals surface area contributed by atoms with Gasteiger partial charge >= 0.3 is 0 Å². The molecular weight excluding hydrogens is 328 g/mol. The van der Waals surface area contributed by atoms with Gasteiger partial charge in [-0.05, 0) is 43.4 Å². The monoisotopic (exact) mass is 354 g/mol. The van der Waals surface area contributed by atoms with Gasteiger partial charge in [-0.1, -0.05) is 30.3 Å². The van der Waals surface area contributed by atoms with Crippen LogP contribution in [0.2, 0.25) is 0 Å². The Morgan fingerprint density at radius 2 is 2.04 bits per heavy atom. The van der Waals surface area contributed by atoms with E-state index in [9.17, 15) is 9.90 Å². The molecule has 1 amide bonds. The van der Waals surface area contributed by atoms with Crippen molar-refractivity contribution in [2.75, 3.05) is 19.8 Å². The van der Waals surface area contributed by atoms with E-state index in [1.54, 1.807) is 6.20 Å². The van der Waals surface area contributed by atoms with Gasteiger partial charge in [-0.2, -0.15) is 0 Å². The van der Waals surface area contributed by atoms with E-state index in [1.165, 1.54) is 0 Å². The molecule has 5 nitrogen and oxygen atoms in total. The third kappa shape index (κ3) is 4.11. The summed E-state index contributed by atoms with van der Waals surface area (Å²) in [6.07, 6.45) is 5.61. The highest BCUT2D eigenvalue weighted by atomic mass is 16.5. The van der Waals surface area contributed by atoms with Crippen molar-refractivity contribution in [3.8, 4) is 11.1 Å². The molecule has 3 rings (SSSR count). The maximum atomic E-state index is 13.1. The first-order valence-corrected chi connectivity index (χ1v) is 9.12. The van der Waals surface area contributed by atoms with Crippen molar-refractivity contribution in [1.82, 2.24) is 10.3 Å². The van der Waals surface area contributed by atoms with Gasteiger partial charge in [0, 0.05) is 37.2 Å². The minimum Gasteiger partial charge on any atom is -0.394 e. The second kappa shape index (κ2) is 8.43. The number of aliphatic hydroxyl groups excluding tert-OH is 1. The van der Waals surface area contributed by atoms with Gasteiger partial charge in [0.2, 0.25) is 5.91 Å². The van der Waals surface area contributed by atoms with Gasteiger partial charge in [0.25, 0.3) is 0 Å². The summed E-state index contributed by atoms with van der Waals surface area (Å²) in [5.41, 5.74) is 2.78. The van der Waals surface area contributed by atoms with E-state index in [0.29, 0.717) is 32.5 Å². The molecule has 2 heterocycles. The van der Waals surface area contributed by atoms with Crippen LogP contribution in [0.25, 0.3) is 11.1 Å². The van der Waals surface area contributed by atoms with Crippen molar-refractivity contribution in [3.63, 3.8) is 0 Å². The number of amides is 1. The molecule has 1 saturated heterocycles. The van der Waals surface area contributed by atoms with E-state index in [1.807, 2.05) is 37.4 Å². The number of aromatic nitrogens is 1. The summed E-state index contributed by atoms with van der Waals surface area (Å²) >= 11 is 0. The second-order valence-electron chi connectivity index (χ2n) is 7.03. The van der Waals surface area contributed by atoms with Gasteiger partial charge in [-0.15, -0.1) is 0 Å². The molecular formula is C21H26N2O3. The number of benzene rings is 1. The molecule has 1 aliphatic rings. The molecule has 5 heteroatoms. The van der Waals surface area contributed by atoms with E-state index in [0.717, 1.165) is 16.7 Å². The van der Waals surface area contributed by atoms with Crippen LogP contribution in [0.3, 0.4) is 0 Å². The molecule has 0 spiro atoms. The third-order valence-electron chi connectivity index (χ3n) is 5.10. The Labute approximate surface area is 154 Å². The van der Waals surface area contributed by atoms with Crippen LogP contribution in [0.1, 0.15) is 25.3 Å². The predicted molar refractivity (Wildman–Crippen MR) is 101 cm³/mol. The minimum atomic E-state index is -0.514. The SMILES string of the molecule is C[C@H](CO)NC(=O)C1(Cc2ccccc2-c2cccnc2)CCOCC1. The number of rotatable bonds is 6. The van der Waals surface area contributed by atoms with Gasteiger partial charge in [-0.3, -0.25) is 9.78 Å². The molecule has 2 N–H and O–H groups in total. The van der Waals surface area contributed by atoms with E-state index in [-0.39, 0.29) is 18.6 Å². The van der Waals surface area contributed by atoms with Gasteiger partial charge in [0.15, 0.2) is 0 Å². The van der Waals surface area contributed by atoms with E-state index >= 15 is 0 Å². The van der Waals surface area contributed by atoms with Gasteiger partial charge in [-0.25, -0.2) is 0 Å². The number of aliphatic hydroxyl groups is 1. The minimum absolute atomic E-state index is 0.00309. The van der Waals surface area contributed by atoms with Crippen LogP contribution in [0.5, 0.6) is 0 Å². The van der Waals surface area contributed by atoms with E-state index < -0.39 is 5.41 Å². The Morgan fingerprint density at radius 1 is 1.27 bits per heavy atom. The first kappa shape index (κ1) is 18.5. The van der Waals surface area contributed by atoms with Crippen LogP contribution in [-0.2, 0) is 16.0 Å². The van der Waals surface area contributed by atoms with Crippen molar-refractivity contribution in [1.29, 1.82) is 0 Å². The average Bonchev–Trinajstić information content (AvgIpc) is 2.69. The first-order chi connectivity index (χ1) is 12.6. The Balaban J connectivity index is 1.92. The Kier molecular flexibility index (Phi) is 6.01. The fraction of sp³-hybridized carbons (Fsp3) is 0.429. The molecule has 0 radical (unpaired) electrons. The zero-order valence-corrected chi connectivity index (χ0v) is 15.1. The van der Waals surface area contributed by atoms with Crippen molar-refractivity contribution in [3.05, 3.63) is 54.4 Å². The van der Waals surface area contributed by atoms with Crippen molar-refractivity contribution in [2.24, 2.45) is 5.41 Å². The lowest BCUT2D eigenvalue weighted by molar-refractivity contribution is -0.137. The molecule has 0 bridgehead atoms. The first-order valence-electron chi connectivity index (χ1n) is 9.12. The number of hydrogen-bond donors (Lipinski definition) is 2. The fourth-order valence-corrected chi connectivity index (χ4v) is 3.51. The number of pyridine rings is 1. The topological polar surface area (TPSA) is 71.5 Å². The van der Waals surface area contributed by atoms with Crippen molar-refractivity contribution >= 4 is 5.91 Å². The smallest absolute Gasteiger partial charge is 0.227 e. The van der Waals surface area contributed by atoms with Crippen LogP contribution < -0.4 is 5.32 Å². The lowest BCUT2D eigenvalue weighted by atomic mass is 9.73. The molecule has 0 aliphatic carbocycles. The largest absolute Gasteiger partial charge is 0.394 e. The van der Waals surface area contributed by atoms with Crippen LogP contribution in [0, 0.1) is 5.41 Å². The quantitative estimate of drug-likeness (QED) is 0.836. The molecule has 1 aliphatic heterocycles. The Morgan fingerprint density at radius 3 is 2.73 bits per heavy atom. The maximum absolute atomic E-state index is 13.1. The molecule has 0 saturated carbocycles. The lowest BCUT2D eigenvalue weighted by Crippen LogP contribution is -2.49. The molecule has 138 valence electrons. The van der Waals surface area contributed by atoms with E-state index in [4.69, 9.17) is 4.74 Å². The molecule has 1 fully saturated rings. The van der Waals surface area contributed by atoms with Crippen LogP contribution in [0.4, 0.5) is 0 Å². The molecule has 26 heavy (non-hydrogen) atoms. The molecule has 1 aromatic carbocycles. The molecule has 1 aromatic heterocycles. The summed E-state index contributed by atoms with van der Waals surface area (Å²) in [6.45, 7) is 2.91. The molecule has 1 atom stereocenters. The fourth-order valence-electron chi connectivity index (χ4n) is 3.51. The second-order valence-corrected chi connectivity index (χ2v) is 7.03.